The van der Waals surface area contributed by atoms with Gasteiger partial charge in [0.15, 0.2) is 0 Å². The molecule has 0 fully saturated rings. The van der Waals surface area contributed by atoms with Crippen LogP contribution in [0.15, 0.2) is 42.6 Å². The predicted molar refractivity (Wildman–Crippen MR) is 87.3 cm³/mol. The summed E-state index contributed by atoms with van der Waals surface area (Å²) in [6.07, 6.45) is 1.65. The molecule has 1 heterocycles. The fraction of sp³-hybridized carbons (Fsp3) is 0.250. The summed E-state index contributed by atoms with van der Waals surface area (Å²) in [6, 6.07) is 11.2. The minimum atomic E-state index is -0.139. The van der Waals surface area contributed by atoms with Crippen LogP contribution < -0.4 is 15.1 Å². The Morgan fingerprint density at radius 2 is 1.62 bits per heavy atom. The van der Waals surface area contributed by atoms with Gasteiger partial charge in [-0.05, 0) is 36.4 Å². The Hall–Kier alpha value is -2.56. The lowest BCUT2D eigenvalue weighted by Crippen LogP contribution is -2.14. The first-order valence-corrected chi connectivity index (χ1v) is 6.69. The number of rotatable bonds is 4. The van der Waals surface area contributed by atoms with Gasteiger partial charge in [-0.1, -0.05) is 0 Å². The maximum Gasteiger partial charge on any atom is 0.255 e. The summed E-state index contributed by atoms with van der Waals surface area (Å²) in [5.74, 6) is 0.711. The molecule has 0 aliphatic rings. The largest absolute Gasteiger partial charge is 0.378 e. The maximum absolute atomic E-state index is 12.2. The number of aromatic nitrogens is 1. The van der Waals surface area contributed by atoms with Crippen molar-refractivity contribution >= 4 is 23.1 Å². The van der Waals surface area contributed by atoms with Gasteiger partial charge in [0.05, 0.1) is 11.9 Å². The topological polar surface area (TPSA) is 48.5 Å². The number of hydrogen-bond donors (Lipinski definition) is 1. The van der Waals surface area contributed by atoms with E-state index in [1.807, 2.05) is 74.4 Å². The Balaban J connectivity index is 2.06. The zero-order valence-corrected chi connectivity index (χ0v) is 12.8. The van der Waals surface area contributed by atoms with Gasteiger partial charge in [-0.2, -0.15) is 0 Å². The first-order chi connectivity index (χ1) is 9.97. The molecular weight excluding hydrogens is 264 g/mol. The van der Waals surface area contributed by atoms with E-state index in [2.05, 4.69) is 10.3 Å². The Morgan fingerprint density at radius 3 is 2.10 bits per heavy atom. The zero-order valence-electron chi connectivity index (χ0n) is 12.8. The van der Waals surface area contributed by atoms with E-state index >= 15 is 0 Å². The molecule has 0 saturated carbocycles. The number of carbonyl (C=O) groups excluding carboxylic acids is 1. The molecule has 0 radical (unpaired) electrons. The van der Waals surface area contributed by atoms with Crippen molar-refractivity contribution in [1.82, 2.24) is 4.98 Å². The second-order valence-corrected chi connectivity index (χ2v) is 5.19. The highest BCUT2D eigenvalue weighted by molar-refractivity contribution is 6.04. The van der Waals surface area contributed by atoms with E-state index in [0.717, 1.165) is 11.5 Å². The molecule has 5 nitrogen and oxygen atoms in total. The molecule has 110 valence electrons. The van der Waals surface area contributed by atoms with Crippen molar-refractivity contribution < 1.29 is 4.79 Å². The van der Waals surface area contributed by atoms with Crippen LogP contribution in [0.25, 0.3) is 0 Å². The lowest BCUT2D eigenvalue weighted by Gasteiger charge is -2.13. The molecule has 1 aromatic heterocycles. The van der Waals surface area contributed by atoms with Crippen LogP contribution in [0, 0.1) is 0 Å². The smallest absolute Gasteiger partial charge is 0.255 e. The summed E-state index contributed by atoms with van der Waals surface area (Å²) in [5.41, 5.74) is 2.36. The third-order valence-corrected chi connectivity index (χ3v) is 3.11. The van der Waals surface area contributed by atoms with Gasteiger partial charge >= 0.3 is 0 Å². The molecule has 21 heavy (non-hydrogen) atoms. The Bertz CT molecular complexity index is 603. The van der Waals surface area contributed by atoms with Crippen molar-refractivity contribution in [3.05, 3.63) is 48.2 Å². The standard InChI is InChI=1S/C16H20N4O/c1-19(2)14-8-5-12(6-9-14)16(21)18-13-7-10-15(17-11-13)20(3)4/h5-11H,1-4H3,(H,18,21). The Labute approximate surface area is 125 Å². The molecule has 5 heteroatoms. The lowest BCUT2D eigenvalue weighted by molar-refractivity contribution is 0.102. The number of nitrogens with zero attached hydrogens (tertiary/aromatic N) is 3. The molecule has 0 spiro atoms. The van der Waals surface area contributed by atoms with Crippen LogP contribution in [0.4, 0.5) is 17.2 Å². The minimum absolute atomic E-state index is 0.139. The van der Waals surface area contributed by atoms with Crippen LogP contribution in [-0.4, -0.2) is 39.1 Å². The van der Waals surface area contributed by atoms with Crippen molar-refractivity contribution in [3.63, 3.8) is 0 Å². The van der Waals surface area contributed by atoms with Gasteiger partial charge in [0.25, 0.3) is 5.91 Å². The van der Waals surface area contributed by atoms with Crippen molar-refractivity contribution in [2.45, 2.75) is 0 Å². The van der Waals surface area contributed by atoms with Gasteiger partial charge < -0.3 is 15.1 Å². The van der Waals surface area contributed by atoms with E-state index in [0.29, 0.717) is 11.3 Å². The third kappa shape index (κ3) is 3.72. The highest BCUT2D eigenvalue weighted by atomic mass is 16.1. The van der Waals surface area contributed by atoms with E-state index in [-0.39, 0.29) is 5.91 Å². The molecule has 0 bridgehead atoms. The Kier molecular flexibility index (Phi) is 4.42. The van der Waals surface area contributed by atoms with Gasteiger partial charge in [0.2, 0.25) is 0 Å². The summed E-state index contributed by atoms with van der Waals surface area (Å²) in [6.45, 7) is 0. The monoisotopic (exact) mass is 284 g/mol. The first kappa shape index (κ1) is 14.8. The van der Waals surface area contributed by atoms with Crippen molar-refractivity contribution in [2.75, 3.05) is 43.3 Å². The number of anilines is 3. The average Bonchev–Trinajstić information content (AvgIpc) is 2.47. The van der Waals surface area contributed by atoms with Gasteiger partial charge in [-0.15, -0.1) is 0 Å². The lowest BCUT2D eigenvalue weighted by atomic mass is 10.2. The Morgan fingerprint density at radius 1 is 0.952 bits per heavy atom. The minimum Gasteiger partial charge on any atom is -0.378 e. The number of carbonyl (C=O) groups is 1. The SMILES string of the molecule is CN(C)c1ccc(C(=O)Nc2ccc(N(C)C)nc2)cc1. The second-order valence-electron chi connectivity index (χ2n) is 5.19. The van der Waals surface area contributed by atoms with Gasteiger partial charge in [-0.3, -0.25) is 4.79 Å². The third-order valence-electron chi connectivity index (χ3n) is 3.11. The summed E-state index contributed by atoms with van der Waals surface area (Å²) in [7, 11) is 7.78. The van der Waals surface area contributed by atoms with Crippen LogP contribution in [0.2, 0.25) is 0 Å². The highest BCUT2D eigenvalue weighted by Gasteiger charge is 2.07. The number of benzene rings is 1. The van der Waals surface area contributed by atoms with E-state index in [1.54, 1.807) is 6.20 Å². The molecule has 0 aliphatic carbocycles. The number of amides is 1. The normalized spacial score (nSPS) is 10.1. The fourth-order valence-electron chi connectivity index (χ4n) is 1.84. The number of nitrogens with one attached hydrogen (secondary N) is 1. The molecule has 2 aromatic rings. The van der Waals surface area contributed by atoms with Crippen LogP contribution in [-0.2, 0) is 0 Å². The fourth-order valence-corrected chi connectivity index (χ4v) is 1.84. The molecule has 1 aromatic carbocycles. The molecular formula is C16H20N4O. The quantitative estimate of drug-likeness (QED) is 0.937. The summed E-state index contributed by atoms with van der Waals surface area (Å²) in [4.78, 5) is 20.3. The van der Waals surface area contributed by atoms with E-state index in [4.69, 9.17) is 0 Å². The van der Waals surface area contributed by atoms with Crippen LogP contribution in [0.3, 0.4) is 0 Å². The van der Waals surface area contributed by atoms with E-state index in [1.165, 1.54) is 0 Å². The van der Waals surface area contributed by atoms with Crippen molar-refractivity contribution in [3.8, 4) is 0 Å². The number of pyridine rings is 1. The molecule has 0 aliphatic heterocycles. The summed E-state index contributed by atoms with van der Waals surface area (Å²) in [5, 5.41) is 2.84. The van der Waals surface area contributed by atoms with Crippen LogP contribution in [0.1, 0.15) is 10.4 Å². The van der Waals surface area contributed by atoms with Crippen LogP contribution >= 0.6 is 0 Å². The van der Waals surface area contributed by atoms with Crippen molar-refractivity contribution in [2.24, 2.45) is 0 Å². The molecule has 0 unspecified atom stereocenters. The van der Waals surface area contributed by atoms with Crippen molar-refractivity contribution in [1.29, 1.82) is 0 Å². The van der Waals surface area contributed by atoms with Gasteiger partial charge in [0.1, 0.15) is 5.82 Å². The van der Waals surface area contributed by atoms with E-state index in [9.17, 15) is 4.79 Å². The molecule has 0 atom stereocenters. The van der Waals surface area contributed by atoms with E-state index < -0.39 is 0 Å². The number of hydrogen-bond acceptors (Lipinski definition) is 4. The van der Waals surface area contributed by atoms with Gasteiger partial charge in [0, 0.05) is 39.4 Å². The molecule has 0 saturated heterocycles. The predicted octanol–water partition coefficient (Wildman–Crippen LogP) is 2.47. The maximum atomic E-state index is 12.2. The summed E-state index contributed by atoms with van der Waals surface area (Å²) >= 11 is 0. The first-order valence-electron chi connectivity index (χ1n) is 6.69. The molecule has 1 amide bonds. The van der Waals surface area contributed by atoms with Crippen LogP contribution in [0.5, 0.6) is 0 Å². The zero-order chi connectivity index (χ0) is 15.4. The molecule has 1 N–H and O–H groups in total. The highest BCUT2D eigenvalue weighted by Crippen LogP contribution is 2.15. The van der Waals surface area contributed by atoms with Gasteiger partial charge in [-0.25, -0.2) is 4.98 Å². The summed E-state index contributed by atoms with van der Waals surface area (Å²) < 4.78 is 0. The second kappa shape index (κ2) is 6.26. The average molecular weight is 284 g/mol. The molecule has 2 rings (SSSR count).